The second-order valence-electron chi connectivity index (χ2n) is 5.46. The van der Waals surface area contributed by atoms with E-state index in [9.17, 15) is 0 Å². The first kappa shape index (κ1) is 14.9. The Hall–Kier alpha value is 0.820. The van der Waals surface area contributed by atoms with Crippen LogP contribution in [-0.4, -0.2) is 35.6 Å². The van der Waals surface area contributed by atoms with E-state index < -0.39 is 7.41 Å². The molecule has 1 heterocycles. The van der Waals surface area contributed by atoms with E-state index in [1.54, 1.807) is 0 Å². The number of hydrogen-bond acceptors (Lipinski definition) is 1. The quantitative estimate of drug-likeness (QED) is 0.495. The molecule has 1 rings (SSSR count). The molecule has 1 aliphatic heterocycles. The molecule has 1 nitrogen and oxygen atoms in total. The Morgan fingerprint density at radius 3 is 2.12 bits per heavy atom. The molecule has 0 spiro atoms. The largest absolute Gasteiger partial charge is 0.190 e. The summed E-state index contributed by atoms with van der Waals surface area (Å²) in [5.41, 5.74) is 1.73. The molecule has 3 heteroatoms. The highest BCUT2D eigenvalue weighted by atomic mass is 31.2. The SMILES string of the molecule is [CH2-][P+]1(N(CCCC)P(C)C)[C@H](C)CC[C@H]1C. The lowest BCUT2D eigenvalue weighted by Crippen LogP contribution is -2.26. The fourth-order valence-corrected chi connectivity index (χ4v) is 10.6. The Morgan fingerprint density at radius 2 is 1.75 bits per heavy atom. The van der Waals surface area contributed by atoms with Crippen LogP contribution in [0.5, 0.6) is 0 Å². The van der Waals surface area contributed by atoms with Crippen LogP contribution in [0.25, 0.3) is 0 Å². The Kier molecular flexibility index (Phi) is 5.69. The van der Waals surface area contributed by atoms with Crippen LogP contribution >= 0.6 is 15.5 Å². The molecule has 0 aromatic carbocycles. The molecular formula is C13H29NP2. The highest BCUT2D eigenvalue weighted by Gasteiger charge is 2.48. The highest BCUT2D eigenvalue weighted by molar-refractivity contribution is 7.83. The molecule has 0 aliphatic carbocycles. The maximum atomic E-state index is 4.76. The van der Waals surface area contributed by atoms with Crippen molar-refractivity contribution in [3.8, 4) is 0 Å². The summed E-state index contributed by atoms with van der Waals surface area (Å²) in [5.74, 6) is 0. The summed E-state index contributed by atoms with van der Waals surface area (Å²) in [6.07, 6.45) is 5.47. The molecule has 96 valence electrons. The fourth-order valence-electron chi connectivity index (χ4n) is 2.84. The molecule has 1 aliphatic rings. The van der Waals surface area contributed by atoms with Gasteiger partial charge in [-0.2, -0.15) is 11.1 Å². The average Bonchev–Trinajstić information content (AvgIpc) is 2.47. The zero-order chi connectivity index (χ0) is 12.3. The first-order chi connectivity index (χ1) is 7.44. The van der Waals surface area contributed by atoms with Crippen molar-refractivity contribution < 1.29 is 0 Å². The molecule has 16 heavy (non-hydrogen) atoms. The maximum Gasteiger partial charge on any atom is 0.0567 e. The predicted molar refractivity (Wildman–Crippen MR) is 80.8 cm³/mol. The van der Waals surface area contributed by atoms with Gasteiger partial charge >= 0.3 is 0 Å². The third kappa shape index (κ3) is 2.80. The third-order valence-electron chi connectivity index (χ3n) is 4.13. The number of nitrogens with zero attached hydrogens (tertiary/aromatic N) is 1. The Balaban J connectivity index is 2.82. The van der Waals surface area contributed by atoms with E-state index in [0.717, 1.165) is 11.3 Å². The third-order valence-corrected chi connectivity index (χ3v) is 12.0. The first-order valence-corrected chi connectivity index (χ1v) is 10.9. The molecule has 0 aromatic heterocycles. The van der Waals surface area contributed by atoms with Crippen LogP contribution in [0.3, 0.4) is 0 Å². The van der Waals surface area contributed by atoms with Gasteiger partial charge in [-0.15, -0.1) is 0 Å². The standard InChI is InChI=1S/C13H29NP2/c1-7-8-11-14(15(4)5)16(6)12(2)9-10-13(16)3/h12-13H,6-11H2,1-5H3/t12-,13-/m1/s1. The summed E-state index contributed by atoms with van der Waals surface area (Å²) in [6, 6.07) is 0. The number of hydrogen-bond donors (Lipinski definition) is 0. The van der Waals surface area contributed by atoms with E-state index in [4.69, 9.17) is 6.66 Å². The topological polar surface area (TPSA) is 3.24 Å². The van der Waals surface area contributed by atoms with Crippen molar-refractivity contribution in [1.29, 1.82) is 0 Å². The van der Waals surface area contributed by atoms with E-state index in [2.05, 4.69) is 38.5 Å². The van der Waals surface area contributed by atoms with Gasteiger partial charge in [-0.1, -0.05) is 13.3 Å². The summed E-state index contributed by atoms with van der Waals surface area (Å²) in [6.45, 7) is 18.1. The minimum Gasteiger partial charge on any atom is -0.190 e. The van der Waals surface area contributed by atoms with E-state index in [1.807, 2.05) is 0 Å². The molecule has 1 saturated heterocycles. The average molecular weight is 261 g/mol. The van der Waals surface area contributed by atoms with E-state index in [0.29, 0.717) is 0 Å². The smallest absolute Gasteiger partial charge is 0.0567 e. The normalized spacial score (nSPS) is 29.2. The van der Waals surface area contributed by atoms with Crippen LogP contribution in [0.1, 0.15) is 46.5 Å². The second kappa shape index (κ2) is 6.12. The second-order valence-corrected chi connectivity index (χ2v) is 12.0. The number of unbranched alkanes of at least 4 members (excludes halogenated alkanes) is 1. The molecule has 0 N–H and O–H groups in total. The van der Waals surface area contributed by atoms with Crippen LogP contribution < -0.4 is 0 Å². The van der Waals surface area contributed by atoms with Crippen molar-refractivity contribution in [2.24, 2.45) is 0 Å². The van der Waals surface area contributed by atoms with E-state index in [-0.39, 0.29) is 8.07 Å². The van der Waals surface area contributed by atoms with Gasteiger partial charge in [-0.3, -0.25) is 0 Å². The van der Waals surface area contributed by atoms with Crippen molar-refractivity contribution in [3.05, 3.63) is 6.66 Å². The van der Waals surface area contributed by atoms with Crippen LogP contribution in [0.2, 0.25) is 0 Å². The highest BCUT2D eigenvalue weighted by Crippen LogP contribution is 2.78. The first-order valence-electron chi connectivity index (χ1n) is 6.62. The molecule has 2 atom stereocenters. The van der Waals surface area contributed by atoms with Gasteiger partial charge in [0.1, 0.15) is 0 Å². The van der Waals surface area contributed by atoms with Gasteiger partial charge in [-0.25, -0.2) is 0 Å². The van der Waals surface area contributed by atoms with Gasteiger partial charge in [0.05, 0.1) is 11.3 Å². The zero-order valence-corrected chi connectivity index (χ0v) is 13.5. The molecule has 1 fully saturated rings. The fraction of sp³-hybridized carbons (Fsp3) is 0.923. The minimum absolute atomic E-state index is 0.0318. The molecule has 0 aromatic rings. The number of rotatable bonds is 5. The van der Waals surface area contributed by atoms with Gasteiger partial charge < -0.3 is 0 Å². The van der Waals surface area contributed by atoms with Crippen molar-refractivity contribution in [2.75, 3.05) is 19.9 Å². The monoisotopic (exact) mass is 261 g/mol. The maximum absolute atomic E-state index is 4.76. The van der Waals surface area contributed by atoms with Crippen LogP contribution in [0, 0.1) is 6.66 Å². The van der Waals surface area contributed by atoms with Crippen molar-refractivity contribution in [3.63, 3.8) is 0 Å². The lowest BCUT2D eigenvalue weighted by molar-refractivity contribution is 0.623. The van der Waals surface area contributed by atoms with E-state index >= 15 is 0 Å². The lowest BCUT2D eigenvalue weighted by atomic mass is 10.2. The summed E-state index contributed by atoms with van der Waals surface area (Å²) >= 11 is 0. The van der Waals surface area contributed by atoms with Crippen molar-refractivity contribution in [1.82, 2.24) is 4.44 Å². The summed E-state index contributed by atoms with van der Waals surface area (Å²) in [7, 11) is -1.05. The molecule has 0 bridgehead atoms. The van der Waals surface area contributed by atoms with Crippen LogP contribution in [0.15, 0.2) is 0 Å². The van der Waals surface area contributed by atoms with Crippen molar-refractivity contribution in [2.45, 2.75) is 57.8 Å². The molecular weight excluding hydrogens is 232 g/mol. The predicted octanol–water partition coefficient (Wildman–Crippen LogP) is 5.04. The summed E-state index contributed by atoms with van der Waals surface area (Å²) < 4.78 is 2.84. The van der Waals surface area contributed by atoms with Gasteiger partial charge in [0.2, 0.25) is 0 Å². The van der Waals surface area contributed by atoms with Crippen LogP contribution in [-0.2, 0) is 0 Å². The summed E-state index contributed by atoms with van der Waals surface area (Å²) in [4.78, 5) is 0. The van der Waals surface area contributed by atoms with Gasteiger partial charge in [0.15, 0.2) is 0 Å². The Morgan fingerprint density at radius 1 is 1.25 bits per heavy atom. The Bertz CT molecular complexity index is 208. The Labute approximate surface area is 105 Å². The summed E-state index contributed by atoms with van der Waals surface area (Å²) in [5, 5.41) is 0. The van der Waals surface area contributed by atoms with E-state index in [1.165, 1.54) is 32.2 Å². The van der Waals surface area contributed by atoms with Crippen molar-refractivity contribution >= 4 is 15.5 Å². The molecule has 0 unspecified atom stereocenters. The minimum atomic E-state index is -1.09. The lowest BCUT2D eigenvalue weighted by Gasteiger charge is -2.45. The molecule has 0 radical (unpaired) electrons. The van der Waals surface area contributed by atoms with Gasteiger partial charge in [0, 0.05) is 6.54 Å². The van der Waals surface area contributed by atoms with Gasteiger partial charge in [0.25, 0.3) is 0 Å². The van der Waals surface area contributed by atoms with Gasteiger partial charge in [-0.05, 0) is 61.9 Å². The molecule has 0 saturated carbocycles. The van der Waals surface area contributed by atoms with Crippen LogP contribution in [0.4, 0.5) is 0 Å². The molecule has 0 amide bonds. The zero-order valence-electron chi connectivity index (χ0n) is 11.7.